The molecule has 6 unspecified atom stereocenters. The summed E-state index contributed by atoms with van der Waals surface area (Å²) in [5.74, 6) is 1.97. The molecular formula is C20H42BO4P3. The molecule has 0 aliphatic carbocycles. The van der Waals surface area contributed by atoms with Gasteiger partial charge in [-0.3, -0.25) is 0 Å². The standard InChI is InChI=1S/C20H42BO4P3/c1-11-26(7,8)14-28(10,15-27(9,12-2)13-3)19(4,5)25-17-16(22)20(6,23)18(21)24-17/h16-18,22-23H,7,9-15H2,1-6,8H3. The smallest absolute Gasteiger partial charge is 0.186 e. The molecule has 4 nitrogen and oxygen atoms in total. The van der Waals surface area contributed by atoms with E-state index >= 15 is 0 Å². The lowest BCUT2D eigenvalue weighted by Gasteiger charge is -2.47. The highest BCUT2D eigenvalue weighted by Crippen LogP contribution is 2.72. The average Bonchev–Trinajstić information content (AvgIpc) is 2.76. The molecule has 6 atom stereocenters. The fourth-order valence-electron chi connectivity index (χ4n) is 3.43. The van der Waals surface area contributed by atoms with Crippen LogP contribution in [0.3, 0.4) is 0 Å². The zero-order valence-electron chi connectivity index (χ0n) is 19.0. The average molecular weight is 450 g/mol. The molecule has 0 spiro atoms. The number of rotatable bonds is 10. The van der Waals surface area contributed by atoms with Crippen LogP contribution in [0, 0.1) is 0 Å². The highest BCUT2D eigenvalue weighted by molar-refractivity contribution is 7.96. The molecule has 28 heavy (non-hydrogen) atoms. The number of aliphatic hydroxyl groups excluding tert-OH is 1. The molecule has 8 heteroatoms. The Hall–Kier alpha value is 0.805. The summed E-state index contributed by atoms with van der Waals surface area (Å²) >= 11 is 0. The van der Waals surface area contributed by atoms with Crippen LogP contribution >= 0.6 is 20.7 Å². The molecular weight excluding hydrogens is 408 g/mol. The van der Waals surface area contributed by atoms with Gasteiger partial charge in [0.15, 0.2) is 6.29 Å². The summed E-state index contributed by atoms with van der Waals surface area (Å²) in [6.45, 7) is 9.83. The Morgan fingerprint density at radius 2 is 1.61 bits per heavy atom. The van der Waals surface area contributed by atoms with Crippen molar-refractivity contribution in [1.82, 2.24) is 0 Å². The third-order valence-electron chi connectivity index (χ3n) is 6.55. The Bertz CT molecular complexity index is 681. The van der Waals surface area contributed by atoms with Crippen molar-refractivity contribution < 1.29 is 19.7 Å². The highest BCUT2D eigenvalue weighted by atomic mass is 31.2. The van der Waals surface area contributed by atoms with Gasteiger partial charge in [0.25, 0.3) is 0 Å². The Morgan fingerprint density at radius 3 is 1.96 bits per heavy atom. The van der Waals surface area contributed by atoms with Gasteiger partial charge in [-0.15, -0.1) is 26.4 Å². The first-order valence-electron chi connectivity index (χ1n) is 10.1. The minimum atomic E-state index is -1.92. The molecule has 2 N–H and O–H groups in total. The highest BCUT2D eigenvalue weighted by Gasteiger charge is 2.52. The van der Waals surface area contributed by atoms with E-state index in [2.05, 4.69) is 40.0 Å². The summed E-state index contributed by atoms with van der Waals surface area (Å²) in [6.07, 6.45) is 15.0. The van der Waals surface area contributed by atoms with Crippen LogP contribution in [0.4, 0.5) is 0 Å². The molecule has 1 aliphatic rings. The monoisotopic (exact) mass is 450 g/mol. The first-order valence-corrected chi connectivity index (χ1v) is 17.8. The van der Waals surface area contributed by atoms with Gasteiger partial charge in [-0.25, -0.2) is 0 Å². The van der Waals surface area contributed by atoms with Crippen molar-refractivity contribution in [2.24, 2.45) is 0 Å². The van der Waals surface area contributed by atoms with Gasteiger partial charge < -0.3 is 19.7 Å². The second kappa shape index (κ2) is 9.12. The van der Waals surface area contributed by atoms with E-state index in [1.807, 2.05) is 13.8 Å². The molecule has 2 radical (unpaired) electrons. The molecule has 1 fully saturated rings. The van der Waals surface area contributed by atoms with E-state index in [1.165, 1.54) is 6.92 Å². The molecule has 0 amide bonds. The van der Waals surface area contributed by atoms with Gasteiger partial charge in [0.05, 0.1) is 11.3 Å². The van der Waals surface area contributed by atoms with Gasteiger partial charge in [-0.05, 0) is 57.7 Å². The first-order chi connectivity index (χ1) is 12.5. The second-order valence-electron chi connectivity index (χ2n) is 9.50. The molecule has 0 aromatic carbocycles. The summed E-state index contributed by atoms with van der Waals surface area (Å²) in [5, 5.41) is 20.3. The van der Waals surface area contributed by atoms with Crippen molar-refractivity contribution in [2.75, 3.05) is 37.0 Å². The van der Waals surface area contributed by atoms with Crippen LogP contribution < -0.4 is 0 Å². The van der Waals surface area contributed by atoms with Gasteiger partial charge in [0.1, 0.15) is 19.6 Å². The van der Waals surface area contributed by atoms with Gasteiger partial charge in [-0.2, -0.15) is 0 Å². The number of ether oxygens (including phenoxy) is 2. The summed E-state index contributed by atoms with van der Waals surface area (Å²) in [6, 6.07) is -0.993. The molecule has 1 aliphatic heterocycles. The van der Waals surface area contributed by atoms with E-state index in [4.69, 9.17) is 23.6 Å². The van der Waals surface area contributed by atoms with Crippen molar-refractivity contribution in [3.05, 3.63) is 0 Å². The van der Waals surface area contributed by atoms with Crippen molar-refractivity contribution in [2.45, 2.75) is 70.9 Å². The topological polar surface area (TPSA) is 58.9 Å². The van der Waals surface area contributed by atoms with Crippen LogP contribution in [0.2, 0.25) is 0 Å². The quantitative estimate of drug-likeness (QED) is 0.394. The van der Waals surface area contributed by atoms with E-state index < -0.39 is 50.0 Å². The van der Waals surface area contributed by atoms with Crippen LogP contribution in [0.5, 0.6) is 0 Å². The lowest BCUT2D eigenvalue weighted by Crippen LogP contribution is -2.47. The molecule has 0 bridgehead atoms. The first kappa shape index (κ1) is 26.8. The van der Waals surface area contributed by atoms with E-state index in [0.29, 0.717) is 0 Å². The molecule has 1 heterocycles. The largest absolute Gasteiger partial charge is 0.385 e. The lowest BCUT2D eigenvalue weighted by atomic mass is 9.83. The predicted octanol–water partition coefficient (Wildman–Crippen LogP) is 3.66. The summed E-state index contributed by atoms with van der Waals surface area (Å²) < 4.78 is 12.0. The molecule has 0 aromatic heterocycles. The van der Waals surface area contributed by atoms with Gasteiger partial charge in [0.2, 0.25) is 0 Å². The van der Waals surface area contributed by atoms with Crippen LogP contribution in [0.25, 0.3) is 0 Å². The number of hydrogen-bond donors (Lipinski definition) is 2. The van der Waals surface area contributed by atoms with Crippen molar-refractivity contribution >= 4 is 47.4 Å². The SMILES string of the molecule is [B]C1OC(OC(C)(C)P(=C)(CP(=C)(C)CC)CP(=C)(CC)CC)C(O)C1(C)O. The Morgan fingerprint density at radius 1 is 1.11 bits per heavy atom. The van der Waals surface area contributed by atoms with Gasteiger partial charge >= 0.3 is 0 Å². The summed E-state index contributed by atoms with van der Waals surface area (Å²) in [4.78, 5) is 0. The van der Waals surface area contributed by atoms with Crippen molar-refractivity contribution in [3.8, 4) is 0 Å². The predicted molar refractivity (Wildman–Crippen MR) is 136 cm³/mol. The lowest BCUT2D eigenvalue weighted by molar-refractivity contribution is -0.189. The zero-order valence-corrected chi connectivity index (χ0v) is 21.7. The van der Waals surface area contributed by atoms with E-state index in [-0.39, 0.29) is 0 Å². The minimum absolute atomic E-state index is 0.611. The third kappa shape index (κ3) is 5.73. The fraction of sp³-hybridized carbons (Fsp3) is 0.850. The van der Waals surface area contributed by atoms with Crippen LogP contribution in [0.15, 0.2) is 0 Å². The Kier molecular flexibility index (Phi) is 8.74. The molecule has 0 saturated carbocycles. The molecule has 0 aromatic rings. The second-order valence-corrected chi connectivity index (χ2v) is 22.9. The van der Waals surface area contributed by atoms with Gasteiger partial charge in [-0.1, -0.05) is 34.0 Å². The van der Waals surface area contributed by atoms with Crippen LogP contribution in [-0.2, 0) is 9.47 Å². The van der Waals surface area contributed by atoms with E-state index in [0.717, 1.165) is 30.3 Å². The van der Waals surface area contributed by atoms with Crippen molar-refractivity contribution in [3.63, 3.8) is 0 Å². The maximum Gasteiger partial charge on any atom is 0.186 e. The minimum Gasteiger partial charge on any atom is -0.385 e. The van der Waals surface area contributed by atoms with Gasteiger partial charge in [0, 0.05) is 0 Å². The van der Waals surface area contributed by atoms with Crippen LogP contribution in [-0.4, -0.2) is 103 Å². The Balaban J connectivity index is 3.29. The molecule has 1 rings (SSSR count). The Labute approximate surface area is 175 Å². The number of aliphatic hydroxyl groups is 2. The zero-order chi connectivity index (χ0) is 22.2. The maximum atomic E-state index is 10.5. The molecule has 164 valence electrons. The fourth-order valence-corrected chi connectivity index (χ4v) is 20.3. The molecule has 1 saturated heterocycles. The normalized spacial score (nSPS) is 33.4. The maximum absolute atomic E-state index is 10.5. The summed E-state index contributed by atoms with van der Waals surface area (Å²) in [5.41, 5.74) is -1.55. The summed E-state index contributed by atoms with van der Waals surface area (Å²) in [7, 11) is 5.86. The van der Waals surface area contributed by atoms with E-state index in [9.17, 15) is 10.2 Å². The van der Waals surface area contributed by atoms with Crippen LogP contribution in [0.1, 0.15) is 41.5 Å². The third-order valence-corrected chi connectivity index (χ3v) is 22.6. The number of hydrogen-bond acceptors (Lipinski definition) is 4. The van der Waals surface area contributed by atoms with Crippen molar-refractivity contribution in [1.29, 1.82) is 0 Å². The van der Waals surface area contributed by atoms with E-state index in [1.54, 1.807) is 0 Å².